The highest BCUT2D eigenvalue weighted by atomic mass is 79.9. The summed E-state index contributed by atoms with van der Waals surface area (Å²) in [6, 6.07) is 18.4. The van der Waals surface area contributed by atoms with Crippen molar-refractivity contribution in [3.63, 3.8) is 0 Å². The van der Waals surface area contributed by atoms with Gasteiger partial charge in [0.15, 0.2) is 0 Å². The smallest absolute Gasteiger partial charge is 0.258 e. The van der Waals surface area contributed by atoms with Crippen LogP contribution in [0.4, 0.5) is 0 Å². The van der Waals surface area contributed by atoms with Crippen molar-refractivity contribution in [1.82, 2.24) is 9.80 Å². The Kier molecular flexibility index (Phi) is 4.59. The van der Waals surface area contributed by atoms with E-state index in [4.69, 9.17) is 0 Å². The predicted octanol–water partition coefficient (Wildman–Crippen LogP) is 4.47. The normalized spacial score (nSPS) is 14.6. The molecule has 3 aromatic rings. The van der Waals surface area contributed by atoms with Gasteiger partial charge in [-0.1, -0.05) is 52.3 Å². The molecule has 0 saturated heterocycles. The fraction of sp³-hybridized carbons (Fsp3) is 0.167. The van der Waals surface area contributed by atoms with Crippen LogP contribution in [0.25, 0.3) is 0 Å². The first-order valence-electron chi connectivity index (χ1n) is 9.76. The number of rotatable bonds is 2. The van der Waals surface area contributed by atoms with Gasteiger partial charge in [-0.2, -0.15) is 0 Å². The number of phenols is 1. The first-order valence-corrected chi connectivity index (χ1v) is 10.5. The summed E-state index contributed by atoms with van der Waals surface area (Å²) in [5, 5.41) is 10.3. The predicted molar refractivity (Wildman–Crippen MR) is 116 cm³/mol. The number of carbonyl (C=O) groups is 2. The van der Waals surface area contributed by atoms with Gasteiger partial charge in [0.1, 0.15) is 5.75 Å². The van der Waals surface area contributed by atoms with Crippen molar-refractivity contribution in [1.29, 1.82) is 0 Å². The summed E-state index contributed by atoms with van der Waals surface area (Å²) in [7, 11) is 0. The number of amides is 2. The molecular weight excluding hydrogens is 444 g/mol. The minimum absolute atomic E-state index is 0.111. The maximum atomic E-state index is 13.1. The summed E-state index contributed by atoms with van der Waals surface area (Å²) in [5.74, 6) is -0.539. The molecule has 0 bridgehead atoms. The molecule has 0 radical (unpaired) electrons. The zero-order valence-corrected chi connectivity index (χ0v) is 17.7. The van der Waals surface area contributed by atoms with E-state index in [0.29, 0.717) is 31.7 Å². The van der Waals surface area contributed by atoms with Crippen molar-refractivity contribution < 1.29 is 14.7 Å². The quantitative estimate of drug-likeness (QED) is 0.611. The third-order valence-corrected chi connectivity index (χ3v) is 6.56. The Morgan fingerprint density at radius 1 is 0.767 bits per heavy atom. The molecule has 0 fully saturated rings. The lowest BCUT2D eigenvalue weighted by atomic mass is 10.1. The number of benzene rings is 3. The zero-order valence-electron chi connectivity index (χ0n) is 16.1. The van der Waals surface area contributed by atoms with E-state index >= 15 is 0 Å². The average Bonchev–Trinajstić information content (AvgIpc) is 3.38. The van der Waals surface area contributed by atoms with Crippen molar-refractivity contribution in [2.75, 3.05) is 0 Å². The van der Waals surface area contributed by atoms with Crippen molar-refractivity contribution in [2.45, 2.75) is 26.2 Å². The van der Waals surface area contributed by atoms with E-state index in [1.165, 1.54) is 12.1 Å². The molecule has 2 aliphatic rings. The van der Waals surface area contributed by atoms with Gasteiger partial charge in [0, 0.05) is 36.2 Å². The fourth-order valence-electron chi connectivity index (χ4n) is 4.19. The third kappa shape index (κ3) is 3.17. The minimum Gasteiger partial charge on any atom is -0.507 e. The molecule has 3 aromatic carbocycles. The standard InChI is InChI=1S/C24H19BrN2O3/c25-21-7-3-6-18-13-27(14-20(18)21)23(29)15-8-9-22(28)19(10-15)24(30)26-11-16-4-1-2-5-17(16)12-26/h1-10,28H,11-14H2. The molecule has 0 atom stereocenters. The second kappa shape index (κ2) is 7.29. The van der Waals surface area contributed by atoms with E-state index in [2.05, 4.69) is 15.9 Å². The van der Waals surface area contributed by atoms with Crippen molar-refractivity contribution in [3.8, 4) is 5.75 Å². The minimum atomic E-state index is -0.272. The van der Waals surface area contributed by atoms with Crippen molar-refractivity contribution in [2.24, 2.45) is 0 Å². The molecule has 6 heteroatoms. The van der Waals surface area contributed by atoms with Gasteiger partial charge < -0.3 is 14.9 Å². The molecule has 0 spiro atoms. The number of hydrogen-bond acceptors (Lipinski definition) is 3. The van der Waals surface area contributed by atoms with Gasteiger partial charge in [0.2, 0.25) is 0 Å². The molecular formula is C24H19BrN2O3. The van der Waals surface area contributed by atoms with Crippen LogP contribution in [0.15, 0.2) is 65.1 Å². The van der Waals surface area contributed by atoms with E-state index in [1.54, 1.807) is 15.9 Å². The molecule has 5 nitrogen and oxygen atoms in total. The van der Waals surface area contributed by atoms with Crippen LogP contribution in [0, 0.1) is 0 Å². The summed E-state index contributed by atoms with van der Waals surface area (Å²) in [5.41, 5.74) is 5.00. The molecule has 2 aliphatic heterocycles. The van der Waals surface area contributed by atoms with Crippen molar-refractivity contribution in [3.05, 3.63) is 98.5 Å². The Bertz CT molecular complexity index is 1170. The summed E-state index contributed by atoms with van der Waals surface area (Å²) >= 11 is 3.55. The second-order valence-corrected chi connectivity index (χ2v) is 8.55. The van der Waals surface area contributed by atoms with Crippen LogP contribution in [0.1, 0.15) is 43.0 Å². The van der Waals surface area contributed by atoms with E-state index in [9.17, 15) is 14.7 Å². The Labute approximate surface area is 182 Å². The molecule has 0 aliphatic carbocycles. The Balaban J connectivity index is 1.39. The Morgan fingerprint density at radius 3 is 2.10 bits per heavy atom. The number of aromatic hydroxyl groups is 1. The summed E-state index contributed by atoms with van der Waals surface area (Å²) in [6.45, 7) is 2.05. The van der Waals surface area contributed by atoms with E-state index in [-0.39, 0.29) is 23.1 Å². The van der Waals surface area contributed by atoms with Crippen LogP contribution in [-0.2, 0) is 26.2 Å². The van der Waals surface area contributed by atoms with Crippen LogP contribution in [0.5, 0.6) is 5.75 Å². The van der Waals surface area contributed by atoms with Gasteiger partial charge in [-0.15, -0.1) is 0 Å². The van der Waals surface area contributed by atoms with Gasteiger partial charge in [0.25, 0.3) is 11.8 Å². The molecule has 5 rings (SSSR count). The highest BCUT2D eigenvalue weighted by molar-refractivity contribution is 9.10. The summed E-state index contributed by atoms with van der Waals surface area (Å²) in [4.78, 5) is 29.7. The van der Waals surface area contributed by atoms with Crippen LogP contribution < -0.4 is 0 Å². The zero-order chi connectivity index (χ0) is 20.8. The largest absolute Gasteiger partial charge is 0.507 e. The maximum Gasteiger partial charge on any atom is 0.258 e. The van der Waals surface area contributed by atoms with Gasteiger partial charge in [-0.3, -0.25) is 9.59 Å². The molecule has 150 valence electrons. The molecule has 0 saturated carbocycles. The summed E-state index contributed by atoms with van der Waals surface area (Å²) in [6.07, 6.45) is 0. The van der Waals surface area contributed by atoms with Gasteiger partial charge in [-0.05, 0) is 46.5 Å². The van der Waals surface area contributed by atoms with Crippen molar-refractivity contribution >= 4 is 27.7 Å². The number of hydrogen-bond donors (Lipinski definition) is 1. The summed E-state index contributed by atoms with van der Waals surface area (Å²) < 4.78 is 0.991. The molecule has 2 amide bonds. The van der Waals surface area contributed by atoms with Crippen LogP contribution in [-0.4, -0.2) is 26.7 Å². The lowest BCUT2D eigenvalue weighted by molar-refractivity contribution is 0.0747. The lowest BCUT2D eigenvalue weighted by Crippen LogP contribution is -2.27. The third-order valence-electron chi connectivity index (χ3n) is 5.82. The lowest BCUT2D eigenvalue weighted by Gasteiger charge is -2.19. The number of fused-ring (bicyclic) bond motifs is 2. The van der Waals surface area contributed by atoms with Gasteiger partial charge >= 0.3 is 0 Å². The molecule has 1 N–H and O–H groups in total. The Morgan fingerprint density at radius 2 is 1.40 bits per heavy atom. The number of phenolic OH excluding ortho intramolecular Hbond substituents is 1. The first kappa shape index (κ1) is 18.9. The number of halogens is 1. The van der Waals surface area contributed by atoms with E-state index in [1.807, 2.05) is 42.5 Å². The van der Waals surface area contributed by atoms with E-state index in [0.717, 1.165) is 26.7 Å². The van der Waals surface area contributed by atoms with Gasteiger partial charge in [-0.25, -0.2) is 0 Å². The van der Waals surface area contributed by atoms with E-state index < -0.39 is 0 Å². The molecule has 0 unspecified atom stereocenters. The average molecular weight is 463 g/mol. The first-order chi connectivity index (χ1) is 14.5. The van der Waals surface area contributed by atoms with Crippen LogP contribution >= 0.6 is 15.9 Å². The highest BCUT2D eigenvalue weighted by Gasteiger charge is 2.29. The van der Waals surface area contributed by atoms with Crippen LogP contribution in [0.3, 0.4) is 0 Å². The Hall–Kier alpha value is -3.12. The maximum absolute atomic E-state index is 13.1. The highest BCUT2D eigenvalue weighted by Crippen LogP contribution is 2.32. The SMILES string of the molecule is O=C(c1ccc(O)c(C(=O)N2Cc3ccccc3C2)c1)N1Cc2cccc(Br)c2C1. The molecule has 0 aromatic heterocycles. The second-order valence-electron chi connectivity index (χ2n) is 7.70. The van der Waals surface area contributed by atoms with Gasteiger partial charge in [0.05, 0.1) is 5.56 Å². The molecule has 2 heterocycles. The number of nitrogens with zero attached hydrogens (tertiary/aromatic N) is 2. The molecule has 30 heavy (non-hydrogen) atoms. The fourth-order valence-corrected chi connectivity index (χ4v) is 4.73. The number of carbonyl (C=O) groups excluding carboxylic acids is 2. The van der Waals surface area contributed by atoms with Crippen LogP contribution in [0.2, 0.25) is 0 Å². The monoisotopic (exact) mass is 462 g/mol. The topological polar surface area (TPSA) is 60.9 Å².